The SMILES string of the molecule is COC(=O)c1ccc(NS(=O)(=O)c2cn(C(C)C)nc2C(C)(C)C)cc1. The van der Waals surface area contributed by atoms with Crippen molar-refractivity contribution in [2.75, 3.05) is 11.8 Å². The van der Waals surface area contributed by atoms with Crippen LogP contribution in [0.15, 0.2) is 35.4 Å². The lowest BCUT2D eigenvalue weighted by Crippen LogP contribution is -2.20. The third-order valence-corrected chi connectivity index (χ3v) is 5.17. The van der Waals surface area contributed by atoms with E-state index in [1.165, 1.54) is 31.4 Å². The number of nitrogens with one attached hydrogen (secondary N) is 1. The van der Waals surface area contributed by atoms with Crippen molar-refractivity contribution in [3.63, 3.8) is 0 Å². The Morgan fingerprint density at radius 3 is 2.23 bits per heavy atom. The van der Waals surface area contributed by atoms with E-state index in [0.29, 0.717) is 16.9 Å². The molecule has 142 valence electrons. The van der Waals surface area contributed by atoms with Gasteiger partial charge in [0, 0.05) is 23.3 Å². The Balaban J connectivity index is 2.40. The number of hydrogen-bond acceptors (Lipinski definition) is 5. The molecule has 2 rings (SSSR count). The number of hydrogen-bond donors (Lipinski definition) is 1. The van der Waals surface area contributed by atoms with Gasteiger partial charge in [0.05, 0.1) is 18.4 Å². The molecule has 2 aromatic rings. The number of carbonyl (C=O) groups is 1. The van der Waals surface area contributed by atoms with Crippen molar-refractivity contribution in [2.24, 2.45) is 0 Å². The van der Waals surface area contributed by atoms with Crippen LogP contribution in [0.3, 0.4) is 0 Å². The number of benzene rings is 1. The molecule has 0 saturated heterocycles. The Hall–Kier alpha value is -2.35. The zero-order chi connectivity index (χ0) is 19.7. The Morgan fingerprint density at radius 2 is 1.77 bits per heavy atom. The monoisotopic (exact) mass is 379 g/mol. The highest BCUT2D eigenvalue weighted by atomic mass is 32.2. The minimum atomic E-state index is -3.83. The molecule has 0 unspecified atom stereocenters. The first-order valence-electron chi connectivity index (χ1n) is 8.26. The first-order chi connectivity index (χ1) is 12.0. The van der Waals surface area contributed by atoms with E-state index in [2.05, 4.69) is 14.6 Å². The summed E-state index contributed by atoms with van der Waals surface area (Å²) in [6.45, 7) is 9.64. The van der Waals surface area contributed by atoms with Crippen LogP contribution in [0.25, 0.3) is 0 Å². The summed E-state index contributed by atoms with van der Waals surface area (Å²) >= 11 is 0. The molecule has 26 heavy (non-hydrogen) atoms. The molecular weight excluding hydrogens is 354 g/mol. The molecule has 8 heteroatoms. The summed E-state index contributed by atoms with van der Waals surface area (Å²) in [7, 11) is -2.54. The van der Waals surface area contributed by atoms with Gasteiger partial charge < -0.3 is 4.74 Å². The minimum absolute atomic E-state index is 0.0411. The van der Waals surface area contributed by atoms with Crippen LogP contribution in [-0.4, -0.2) is 31.3 Å². The molecule has 0 aliphatic heterocycles. The Labute approximate surface area is 154 Å². The summed E-state index contributed by atoms with van der Waals surface area (Å²) in [5.74, 6) is -0.479. The molecule has 1 N–H and O–H groups in total. The second kappa shape index (κ2) is 7.11. The molecule has 0 bridgehead atoms. The van der Waals surface area contributed by atoms with Crippen molar-refractivity contribution < 1.29 is 17.9 Å². The maximum atomic E-state index is 12.9. The lowest BCUT2D eigenvalue weighted by atomic mass is 9.92. The maximum Gasteiger partial charge on any atom is 0.337 e. The molecule has 0 radical (unpaired) electrons. The van der Waals surface area contributed by atoms with Gasteiger partial charge in [-0.05, 0) is 38.1 Å². The number of ether oxygens (including phenoxy) is 1. The van der Waals surface area contributed by atoms with E-state index in [9.17, 15) is 13.2 Å². The standard InChI is InChI=1S/C18H25N3O4S/c1-12(2)21-11-15(16(19-21)18(3,4)5)26(23,24)20-14-9-7-13(8-10-14)17(22)25-6/h7-12,20H,1-6H3. The number of sulfonamides is 1. The largest absolute Gasteiger partial charge is 0.465 e. The van der Waals surface area contributed by atoms with Crippen LogP contribution < -0.4 is 4.72 Å². The van der Waals surface area contributed by atoms with E-state index in [4.69, 9.17) is 0 Å². The number of nitrogens with zero attached hydrogens (tertiary/aromatic N) is 2. The highest BCUT2D eigenvalue weighted by Crippen LogP contribution is 2.30. The highest BCUT2D eigenvalue weighted by molar-refractivity contribution is 7.92. The van der Waals surface area contributed by atoms with Crippen LogP contribution in [0.2, 0.25) is 0 Å². The van der Waals surface area contributed by atoms with Crippen molar-refractivity contribution in [3.8, 4) is 0 Å². The van der Waals surface area contributed by atoms with Crippen LogP contribution in [0.5, 0.6) is 0 Å². The quantitative estimate of drug-likeness (QED) is 0.805. The zero-order valence-corrected chi connectivity index (χ0v) is 16.7. The van der Waals surface area contributed by atoms with Gasteiger partial charge in [0.15, 0.2) is 0 Å². The zero-order valence-electron chi connectivity index (χ0n) is 15.9. The molecule has 0 atom stereocenters. The summed E-state index contributed by atoms with van der Waals surface area (Å²) in [6.07, 6.45) is 1.55. The number of carbonyl (C=O) groups excluding carboxylic acids is 1. The Bertz CT molecular complexity index is 892. The fraction of sp³-hybridized carbons (Fsp3) is 0.444. The number of rotatable bonds is 5. The molecule has 1 aromatic carbocycles. The fourth-order valence-electron chi connectivity index (χ4n) is 2.36. The average molecular weight is 379 g/mol. The molecular formula is C18H25N3O4S. The summed E-state index contributed by atoms with van der Waals surface area (Å²) in [5, 5.41) is 4.47. The van der Waals surface area contributed by atoms with Crippen molar-refractivity contribution in [2.45, 2.75) is 51.0 Å². The van der Waals surface area contributed by atoms with E-state index < -0.39 is 21.4 Å². The summed E-state index contributed by atoms with van der Waals surface area (Å²) in [6, 6.07) is 6.10. The van der Waals surface area contributed by atoms with Gasteiger partial charge in [0.1, 0.15) is 4.90 Å². The summed E-state index contributed by atoms with van der Waals surface area (Å²) in [4.78, 5) is 11.6. The predicted octanol–water partition coefficient (Wildman–Crippen LogP) is 3.35. The van der Waals surface area contributed by atoms with E-state index in [1.807, 2.05) is 34.6 Å². The molecule has 0 spiro atoms. The van der Waals surface area contributed by atoms with Gasteiger partial charge in [-0.3, -0.25) is 9.40 Å². The number of aromatic nitrogens is 2. The average Bonchev–Trinajstić information content (AvgIpc) is 3.01. The van der Waals surface area contributed by atoms with Crippen LogP contribution >= 0.6 is 0 Å². The van der Waals surface area contributed by atoms with Gasteiger partial charge in [0.2, 0.25) is 0 Å². The Kier molecular flexibility index (Phi) is 5.46. The van der Waals surface area contributed by atoms with Crippen molar-refractivity contribution >= 4 is 21.7 Å². The third-order valence-electron chi connectivity index (χ3n) is 3.79. The van der Waals surface area contributed by atoms with Crippen LogP contribution in [-0.2, 0) is 20.2 Å². The Morgan fingerprint density at radius 1 is 1.19 bits per heavy atom. The normalized spacial score (nSPS) is 12.3. The van der Waals surface area contributed by atoms with Crippen LogP contribution in [0.1, 0.15) is 56.7 Å². The van der Waals surface area contributed by atoms with E-state index >= 15 is 0 Å². The van der Waals surface area contributed by atoms with Gasteiger partial charge in [-0.2, -0.15) is 5.10 Å². The molecule has 1 aromatic heterocycles. The fourth-order valence-corrected chi connectivity index (χ4v) is 3.76. The van der Waals surface area contributed by atoms with Gasteiger partial charge in [0.25, 0.3) is 10.0 Å². The number of methoxy groups -OCH3 is 1. The molecule has 0 fully saturated rings. The highest BCUT2D eigenvalue weighted by Gasteiger charge is 2.30. The molecule has 0 saturated carbocycles. The van der Waals surface area contributed by atoms with E-state index in [0.717, 1.165) is 0 Å². The predicted molar refractivity (Wildman–Crippen MR) is 99.9 cm³/mol. The lowest BCUT2D eigenvalue weighted by Gasteiger charge is -2.18. The smallest absolute Gasteiger partial charge is 0.337 e. The molecule has 1 heterocycles. The van der Waals surface area contributed by atoms with Gasteiger partial charge in [-0.15, -0.1) is 0 Å². The van der Waals surface area contributed by atoms with Gasteiger partial charge in [-0.1, -0.05) is 20.8 Å². The third kappa shape index (κ3) is 4.24. The second-order valence-electron chi connectivity index (χ2n) is 7.34. The molecule has 0 aliphatic rings. The maximum absolute atomic E-state index is 12.9. The van der Waals surface area contributed by atoms with Crippen molar-refractivity contribution in [1.29, 1.82) is 0 Å². The van der Waals surface area contributed by atoms with E-state index in [1.54, 1.807) is 10.9 Å². The molecule has 7 nitrogen and oxygen atoms in total. The minimum Gasteiger partial charge on any atom is -0.465 e. The van der Waals surface area contributed by atoms with Crippen LogP contribution in [0.4, 0.5) is 5.69 Å². The number of esters is 1. The van der Waals surface area contributed by atoms with Crippen molar-refractivity contribution in [1.82, 2.24) is 9.78 Å². The molecule has 0 aliphatic carbocycles. The first-order valence-corrected chi connectivity index (χ1v) is 9.75. The first kappa shape index (κ1) is 20.0. The lowest BCUT2D eigenvalue weighted by molar-refractivity contribution is 0.0601. The number of anilines is 1. The van der Waals surface area contributed by atoms with Gasteiger partial charge in [-0.25, -0.2) is 13.2 Å². The second-order valence-corrected chi connectivity index (χ2v) is 8.99. The van der Waals surface area contributed by atoms with E-state index in [-0.39, 0.29) is 10.9 Å². The van der Waals surface area contributed by atoms with Crippen LogP contribution in [0, 0.1) is 0 Å². The summed E-state index contributed by atoms with van der Waals surface area (Å²) < 4.78 is 34.7. The topological polar surface area (TPSA) is 90.3 Å². The van der Waals surface area contributed by atoms with Gasteiger partial charge >= 0.3 is 5.97 Å². The van der Waals surface area contributed by atoms with Crippen molar-refractivity contribution in [3.05, 3.63) is 41.7 Å². The molecule has 0 amide bonds. The summed E-state index contributed by atoms with van der Waals surface area (Å²) in [5.41, 5.74) is 0.775.